The number of rotatable bonds is 9. The molecule has 162 valence electrons. The van der Waals surface area contributed by atoms with E-state index in [1.54, 1.807) is 56.9 Å². The molecule has 0 spiro atoms. The molecular formula is C23H32BNO5. The smallest absolute Gasteiger partial charge is 0.444 e. The van der Waals surface area contributed by atoms with Crippen molar-refractivity contribution in [3.63, 3.8) is 0 Å². The maximum Gasteiger partial charge on any atom is 0.491 e. The molecule has 2 rings (SSSR count). The zero-order valence-electron chi connectivity index (χ0n) is 18.5. The van der Waals surface area contributed by atoms with Crippen LogP contribution in [0.1, 0.15) is 46.6 Å². The van der Waals surface area contributed by atoms with Gasteiger partial charge < -0.3 is 19.5 Å². The van der Waals surface area contributed by atoms with Crippen LogP contribution in [0.4, 0.5) is 10.5 Å². The SMILES string of the molecule is CCCN(C(=O)OCc1ccccc1)c1ccc(B(O)OC(C)(C)C(C)(C)O)cc1. The van der Waals surface area contributed by atoms with Crippen LogP contribution in [-0.4, -0.2) is 41.1 Å². The molecule has 0 bridgehead atoms. The van der Waals surface area contributed by atoms with Crippen LogP contribution in [0.3, 0.4) is 0 Å². The highest BCUT2D eigenvalue weighted by molar-refractivity contribution is 6.60. The second-order valence-electron chi connectivity index (χ2n) is 8.32. The van der Waals surface area contributed by atoms with Crippen molar-refractivity contribution in [3.8, 4) is 0 Å². The van der Waals surface area contributed by atoms with Crippen LogP contribution < -0.4 is 10.4 Å². The summed E-state index contributed by atoms with van der Waals surface area (Å²) in [7, 11) is -1.20. The molecule has 0 atom stereocenters. The van der Waals surface area contributed by atoms with E-state index in [1.807, 2.05) is 37.3 Å². The van der Waals surface area contributed by atoms with E-state index < -0.39 is 24.4 Å². The first-order chi connectivity index (χ1) is 14.0. The van der Waals surface area contributed by atoms with Crippen molar-refractivity contribution in [3.05, 3.63) is 60.2 Å². The third kappa shape index (κ3) is 6.32. The van der Waals surface area contributed by atoms with Crippen molar-refractivity contribution in [2.24, 2.45) is 0 Å². The van der Waals surface area contributed by atoms with Gasteiger partial charge in [0.2, 0.25) is 0 Å². The first-order valence-electron chi connectivity index (χ1n) is 10.2. The zero-order valence-corrected chi connectivity index (χ0v) is 18.5. The first kappa shape index (κ1) is 23.9. The van der Waals surface area contributed by atoms with E-state index >= 15 is 0 Å². The fraction of sp³-hybridized carbons (Fsp3) is 0.435. The van der Waals surface area contributed by atoms with Gasteiger partial charge in [0.25, 0.3) is 0 Å². The summed E-state index contributed by atoms with van der Waals surface area (Å²) in [5, 5.41) is 20.7. The second-order valence-corrected chi connectivity index (χ2v) is 8.32. The quantitative estimate of drug-likeness (QED) is 0.616. The Bertz CT molecular complexity index is 803. The molecule has 0 saturated carbocycles. The minimum Gasteiger partial charge on any atom is -0.444 e. The molecule has 2 N–H and O–H groups in total. The zero-order chi connectivity index (χ0) is 22.4. The van der Waals surface area contributed by atoms with Crippen molar-refractivity contribution in [2.75, 3.05) is 11.4 Å². The van der Waals surface area contributed by atoms with Crippen LogP contribution in [-0.2, 0) is 16.0 Å². The van der Waals surface area contributed by atoms with Gasteiger partial charge >= 0.3 is 13.2 Å². The lowest BCUT2D eigenvalue weighted by molar-refractivity contribution is -0.0982. The van der Waals surface area contributed by atoms with E-state index in [-0.39, 0.29) is 6.61 Å². The van der Waals surface area contributed by atoms with E-state index in [1.165, 1.54) is 0 Å². The predicted molar refractivity (Wildman–Crippen MR) is 120 cm³/mol. The van der Waals surface area contributed by atoms with Crippen molar-refractivity contribution < 1.29 is 24.3 Å². The molecule has 0 aliphatic rings. The lowest BCUT2D eigenvalue weighted by atomic mass is 9.76. The van der Waals surface area contributed by atoms with Crippen LogP contribution >= 0.6 is 0 Å². The minimum absolute atomic E-state index is 0.205. The number of nitrogens with zero attached hydrogens (tertiary/aromatic N) is 1. The second kappa shape index (κ2) is 10.1. The molecule has 0 heterocycles. The summed E-state index contributed by atoms with van der Waals surface area (Å²) in [5.74, 6) is 0. The van der Waals surface area contributed by atoms with Gasteiger partial charge in [-0.2, -0.15) is 0 Å². The Morgan fingerprint density at radius 3 is 2.17 bits per heavy atom. The molecule has 0 aromatic heterocycles. The first-order valence-corrected chi connectivity index (χ1v) is 10.2. The van der Waals surface area contributed by atoms with E-state index in [9.17, 15) is 14.9 Å². The molecule has 7 heteroatoms. The molecule has 2 aromatic carbocycles. The number of anilines is 1. The number of carbonyl (C=O) groups is 1. The van der Waals surface area contributed by atoms with Crippen LogP contribution in [0.15, 0.2) is 54.6 Å². The highest BCUT2D eigenvalue weighted by atomic mass is 16.6. The van der Waals surface area contributed by atoms with Crippen LogP contribution in [0.25, 0.3) is 0 Å². The molecule has 0 unspecified atom stereocenters. The van der Waals surface area contributed by atoms with Gasteiger partial charge in [-0.3, -0.25) is 4.90 Å². The Morgan fingerprint density at radius 1 is 1.03 bits per heavy atom. The summed E-state index contributed by atoms with van der Waals surface area (Å²) >= 11 is 0. The largest absolute Gasteiger partial charge is 0.491 e. The average molecular weight is 413 g/mol. The van der Waals surface area contributed by atoms with Gasteiger partial charge in [0.1, 0.15) is 6.61 Å². The number of hydrogen-bond donors (Lipinski definition) is 2. The fourth-order valence-electron chi connectivity index (χ4n) is 2.66. The van der Waals surface area contributed by atoms with Crippen LogP contribution in [0.2, 0.25) is 0 Å². The third-order valence-corrected chi connectivity index (χ3v) is 5.24. The van der Waals surface area contributed by atoms with Gasteiger partial charge in [-0.15, -0.1) is 0 Å². The van der Waals surface area contributed by atoms with E-state index in [2.05, 4.69) is 0 Å². The van der Waals surface area contributed by atoms with Crippen LogP contribution in [0.5, 0.6) is 0 Å². The Hall–Kier alpha value is -2.35. The Labute approximate surface area is 179 Å². The summed E-state index contributed by atoms with van der Waals surface area (Å²) in [5.41, 5.74) is 0.0414. The lowest BCUT2D eigenvalue weighted by Crippen LogP contribution is -2.53. The highest BCUT2D eigenvalue weighted by Gasteiger charge is 2.39. The summed E-state index contributed by atoms with van der Waals surface area (Å²) in [4.78, 5) is 14.2. The molecule has 2 aromatic rings. The third-order valence-electron chi connectivity index (χ3n) is 5.24. The number of aliphatic hydroxyl groups is 1. The predicted octanol–water partition coefficient (Wildman–Crippen LogP) is 3.49. The van der Waals surface area contributed by atoms with Crippen molar-refractivity contribution >= 4 is 24.4 Å². The average Bonchev–Trinajstić information content (AvgIpc) is 2.70. The van der Waals surface area contributed by atoms with E-state index in [0.29, 0.717) is 17.7 Å². The Balaban J connectivity index is 2.07. The van der Waals surface area contributed by atoms with E-state index in [4.69, 9.17) is 9.39 Å². The topological polar surface area (TPSA) is 79.2 Å². The molecule has 30 heavy (non-hydrogen) atoms. The standard InChI is InChI=1S/C23H32BNO5/c1-6-16-25(21(26)29-17-18-10-8-7-9-11-18)20-14-12-19(13-15-20)24(28)30-23(4,5)22(2,3)27/h7-15,27-28H,6,16-17H2,1-5H3. The molecule has 0 radical (unpaired) electrons. The Morgan fingerprint density at radius 2 is 1.63 bits per heavy atom. The van der Waals surface area contributed by atoms with Gasteiger partial charge in [-0.05, 0) is 57.3 Å². The number of benzene rings is 2. The fourth-order valence-corrected chi connectivity index (χ4v) is 2.66. The van der Waals surface area contributed by atoms with Crippen molar-refractivity contribution in [1.29, 1.82) is 0 Å². The molecule has 0 aliphatic heterocycles. The van der Waals surface area contributed by atoms with Crippen molar-refractivity contribution in [2.45, 2.75) is 58.8 Å². The van der Waals surface area contributed by atoms with Crippen LogP contribution in [0, 0.1) is 0 Å². The van der Waals surface area contributed by atoms with Gasteiger partial charge in [0.05, 0.1) is 11.2 Å². The number of amides is 1. The van der Waals surface area contributed by atoms with Gasteiger partial charge in [0.15, 0.2) is 0 Å². The van der Waals surface area contributed by atoms with Gasteiger partial charge in [-0.25, -0.2) is 4.79 Å². The number of hydrogen-bond acceptors (Lipinski definition) is 5. The molecule has 0 aliphatic carbocycles. The monoisotopic (exact) mass is 413 g/mol. The maximum atomic E-state index is 12.6. The summed E-state index contributed by atoms with van der Waals surface area (Å²) < 4.78 is 11.1. The Kier molecular flexibility index (Phi) is 8.06. The van der Waals surface area contributed by atoms with Gasteiger partial charge in [0, 0.05) is 12.2 Å². The number of carbonyl (C=O) groups excluding carboxylic acids is 1. The normalized spacial score (nSPS) is 11.8. The summed E-state index contributed by atoms with van der Waals surface area (Å²) in [6.45, 7) is 9.40. The highest BCUT2D eigenvalue weighted by Crippen LogP contribution is 2.25. The molecule has 0 fully saturated rings. The maximum absolute atomic E-state index is 12.6. The lowest BCUT2D eigenvalue weighted by Gasteiger charge is -2.38. The summed E-state index contributed by atoms with van der Waals surface area (Å²) in [6.07, 6.45) is 0.349. The molecule has 0 saturated heterocycles. The molecule has 1 amide bonds. The van der Waals surface area contributed by atoms with Crippen molar-refractivity contribution in [1.82, 2.24) is 0 Å². The van der Waals surface area contributed by atoms with E-state index in [0.717, 1.165) is 12.0 Å². The van der Waals surface area contributed by atoms with Gasteiger partial charge in [-0.1, -0.05) is 49.4 Å². The molecular weight excluding hydrogens is 381 g/mol. The minimum atomic E-state index is -1.20. The number of ether oxygens (including phenoxy) is 1. The summed E-state index contributed by atoms with van der Waals surface area (Å²) in [6, 6.07) is 16.4. The molecule has 6 nitrogen and oxygen atoms in total.